The van der Waals surface area contributed by atoms with Crippen LogP contribution in [-0.2, 0) is 17.6 Å². The van der Waals surface area contributed by atoms with Crippen LogP contribution in [0.4, 0.5) is 5.82 Å². The van der Waals surface area contributed by atoms with Gasteiger partial charge in [-0.15, -0.1) is 11.3 Å². The predicted octanol–water partition coefficient (Wildman–Crippen LogP) is 1.53. The molecule has 0 spiro atoms. The number of rotatable bonds is 5. The standard InChI is InChI=1S/C13H16N4OS/c1-9-2-3-11(15-7-9)17-12(18)6-10-8-19-13(16-10)4-5-14/h2-3,7-8H,4-6,14H2,1H3,(H,15,17,18). The average Bonchev–Trinajstić information content (AvgIpc) is 2.80. The highest BCUT2D eigenvalue weighted by atomic mass is 32.1. The first kappa shape index (κ1) is 13.6. The molecule has 0 aliphatic rings. The number of nitrogens with two attached hydrogens (primary N) is 1. The molecule has 0 fully saturated rings. The molecule has 0 saturated heterocycles. The van der Waals surface area contributed by atoms with Crippen molar-refractivity contribution in [2.45, 2.75) is 19.8 Å². The minimum absolute atomic E-state index is 0.110. The van der Waals surface area contributed by atoms with Gasteiger partial charge in [0.25, 0.3) is 0 Å². The van der Waals surface area contributed by atoms with Gasteiger partial charge in [0.2, 0.25) is 5.91 Å². The number of hydrogen-bond donors (Lipinski definition) is 2. The van der Waals surface area contributed by atoms with Gasteiger partial charge in [-0.3, -0.25) is 4.79 Å². The fourth-order valence-corrected chi connectivity index (χ4v) is 2.38. The van der Waals surface area contributed by atoms with Gasteiger partial charge in [-0.25, -0.2) is 9.97 Å². The Morgan fingerprint density at radius 3 is 3.00 bits per heavy atom. The van der Waals surface area contributed by atoms with Crippen LogP contribution in [-0.4, -0.2) is 22.4 Å². The summed E-state index contributed by atoms with van der Waals surface area (Å²) in [6.07, 6.45) is 2.74. The number of carbonyl (C=O) groups is 1. The topological polar surface area (TPSA) is 80.9 Å². The highest BCUT2D eigenvalue weighted by molar-refractivity contribution is 7.09. The van der Waals surface area contributed by atoms with E-state index in [2.05, 4.69) is 15.3 Å². The molecule has 3 N–H and O–H groups in total. The van der Waals surface area contributed by atoms with E-state index in [0.29, 0.717) is 12.4 Å². The minimum Gasteiger partial charge on any atom is -0.330 e. The van der Waals surface area contributed by atoms with Crippen molar-refractivity contribution in [2.24, 2.45) is 5.73 Å². The number of hydrogen-bond acceptors (Lipinski definition) is 5. The Labute approximate surface area is 115 Å². The highest BCUT2D eigenvalue weighted by Crippen LogP contribution is 2.11. The zero-order valence-corrected chi connectivity index (χ0v) is 11.5. The SMILES string of the molecule is Cc1ccc(NC(=O)Cc2csc(CCN)n2)nc1. The Bertz CT molecular complexity index is 550. The van der Waals surface area contributed by atoms with Crippen molar-refractivity contribution >= 4 is 23.1 Å². The molecule has 5 nitrogen and oxygen atoms in total. The van der Waals surface area contributed by atoms with Crippen molar-refractivity contribution in [3.05, 3.63) is 40.0 Å². The number of aryl methyl sites for hydroxylation is 1. The summed E-state index contributed by atoms with van der Waals surface area (Å²) in [6, 6.07) is 3.69. The van der Waals surface area contributed by atoms with Gasteiger partial charge in [-0.05, 0) is 25.1 Å². The zero-order valence-electron chi connectivity index (χ0n) is 10.7. The Morgan fingerprint density at radius 2 is 2.32 bits per heavy atom. The monoisotopic (exact) mass is 276 g/mol. The minimum atomic E-state index is -0.110. The largest absolute Gasteiger partial charge is 0.330 e. The van der Waals surface area contributed by atoms with E-state index in [4.69, 9.17) is 5.73 Å². The van der Waals surface area contributed by atoms with Gasteiger partial charge < -0.3 is 11.1 Å². The fraction of sp³-hybridized carbons (Fsp3) is 0.308. The lowest BCUT2D eigenvalue weighted by molar-refractivity contribution is -0.115. The molecule has 0 aliphatic heterocycles. The van der Waals surface area contributed by atoms with Crippen molar-refractivity contribution < 1.29 is 4.79 Å². The average molecular weight is 276 g/mol. The molecule has 0 atom stereocenters. The van der Waals surface area contributed by atoms with Crippen LogP contribution in [0.5, 0.6) is 0 Å². The first-order valence-electron chi connectivity index (χ1n) is 6.03. The quantitative estimate of drug-likeness (QED) is 0.867. The maximum atomic E-state index is 11.8. The van der Waals surface area contributed by atoms with E-state index in [0.717, 1.165) is 22.7 Å². The number of thiazole rings is 1. The van der Waals surface area contributed by atoms with Crippen molar-refractivity contribution in [3.8, 4) is 0 Å². The van der Waals surface area contributed by atoms with Gasteiger partial charge in [-0.2, -0.15) is 0 Å². The van der Waals surface area contributed by atoms with E-state index in [1.54, 1.807) is 12.3 Å². The molecule has 2 aromatic rings. The van der Waals surface area contributed by atoms with E-state index >= 15 is 0 Å². The van der Waals surface area contributed by atoms with Crippen LogP contribution in [0.25, 0.3) is 0 Å². The first-order valence-corrected chi connectivity index (χ1v) is 6.91. The second-order valence-electron chi connectivity index (χ2n) is 4.22. The number of nitrogens with zero attached hydrogens (tertiary/aromatic N) is 2. The summed E-state index contributed by atoms with van der Waals surface area (Å²) >= 11 is 1.54. The van der Waals surface area contributed by atoms with Crippen LogP contribution in [0.1, 0.15) is 16.3 Å². The molecule has 2 rings (SSSR count). The molecule has 6 heteroatoms. The van der Waals surface area contributed by atoms with Crippen molar-refractivity contribution in [3.63, 3.8) is 0 Å². The second-order valence-corrected chi connectivity index (χ2v) is 5.16. The zero-order chi connectivity index (χ0) is 13.7. The first-order chi connectivity index (χ1) is 9.17. The number of pyridine rings is 1. The van der Waals surface area contributed by atoms with Crippen LogP contribution in [0.15, 0.2) is 23.7 Å². The van der Waals surface area contributed by atoms with Gasteiger partial charge in [0.1, 0.15) is 5.82 Å². The molecule has 100 valence electrons. The van der Waals surface area contributed by atoms with E-state index in [1.165, 1.54) is 11.3 Å². The van der Waals surface area contributed by atoms with Crippen LogP contribution < -0.4 is 11.1 Å². The summed E-state index contributed by atoms with van der Waals surface area (Å²) in [5.74, 6) is 0.453. The normalized spacial score (nSPS) is 10.4. The second kappa shape index (κ2) is 6.40. The van der Waals surface area contributed by atoms with E-state index in [1.807, 2.05) is 18.4 Å². The molecule has 0 aliphatic carbocycles. The van der Waals surface area contributed by atoms with E-state index in [-0.39, 0.29) is 12.3 Å². The van der Waals surface area contributed by atoms with E-state index in [9.17, 15) is 4.79 Å². The van der Waals surface area contributed by atoms with Gasteiger partial charge in [-0.1, -0.05) is 6.07 Å². The Kier molecular flexibility index (Phi) is 4.59. The van der Waals surface area contributed by atoms with Crippen LogP contribution in [0, 0.1) is 6.92 Å². The molecule has 1 amide bonds. The third kappa shape index (κ3) is 4.11. The lowest BCUT2D eigenvalue weighted by atomic mass is 10.3. The molecular weight excluding hydrogens is 260 g/mol. The van der Waals surface area contributed by atoms with Gasteiger partial charge in [0.15, 0.2) is 0 Å². The molecule has 19 heavy (non-hydrogen) atoms. The van der Waals surface area contributed by atoms with Crippen molar-refractivity contribution in [1.29, 1.82) is 0 Å². The van der Waals surface area contributed by atoms with E-state index < -0.39 is 0 Å². The third-order valence-electron chi connectivity index (χ3n) is 2.48. The lowest BCUT2D eigenvalue weighted by Gasteiger charge is -2.03. The van der Waals surface area contributed by atoms with Crippen molar-refractivity contribution in [1.82, 2.24) is 9.97 Å². The Hall–Kier alpha value is -1.79. The van der Waals surface area contributed by atoms with Crippen LogP contribution in [0.2, 0.25) is 0 Å². The summed E-state index contributed by atoms with van der Waals surface area (Å²) in [5, 5.41) is 5.62. The summed E-state index contributed by atoms with van der Waals surface area (Å²) < 4.78 is 0. The molecule has 0 bridgehead atoms. The number of aromatic nitrogens is 2. The number of amides is 1. The molecular formula is C13H16N4OS. The van der Waals surface area contributed by atoms with Gasteiger partial charge in [0, 0.05) is 18.0 Å². The molecule has 0 radical (unpaired) electrons. The predicted molar refractivity (Wildman–Crippen MR) is 76.2 cm³/mol. The maximum Gasteiger partial charge on any atom is 0.231 e. The summed E-state index contributed by atoms with van der Waals surface area (Å²) in [5.41, 5.74) is 7.30. The number of carbonyl (C=O) groups excluding carboxylic acids is 1. The molecule has 0 saturated carbocycles. The Morgan fingerprint density at radius 1 is 1.47 bits per heavy atom. The van der Waals surface area contributed by atoms with Gasteiger partial charge >= 0.3 is 0 Å². The maximum absolute atomic E-state index is 11.8. The smallest absolute Gasteiger partial charge is 0.231 e. The summed E-state index contributed by atoms with van der Waals surface area (Å²) in [6.45, 7) is 2.53. The molecule has 2 heterocycles. The molecule has 0 unspecified atom stereocenters. The summed E-state index contributed by atoms with van der Waals surface area (Å²) in [7, 11) is 0. The molecule has 0 aromatic carbocycles. The van der Waals surface area contributed by atoms with Crippen LogP contribution in [0.3, 0.4) is 0 Å². The highest BCUT2D eigenvalue weighted by Gasteiger charge is 2.08. The molecule has 2 aromatic heterocycles. The fourth-order valence-electron chi connectivity index (χ4n) is 1.56. The van der Waals surface area contributed by atoms with Gasteiger partial charge in [0.05, 0.1) is 17.1 Å². The lowest BCUT2D eigenvalue weighted by Crippen LogP contribution is -2.15. The number of nitrogens with one attached hydrogen (secondary N) is 1. The van der Waals surface area contributed by atoms with Crippen LogP contribution >= 0.6 is 11.3 Å². The number of anilines is 1. The Balaban J connectivity index is 1.91. The summed E-state index contributed by atoms with van der Waals surface area (Å²) in [4.78, 5) is 20.3. The third-order valence-corrected chi connectivity index (χ3v) is 3.44. The van der Waals surface area contributed by atoms with Crippen molar-refractivity contribution in [2.75, 3.05) is 11.9 Å².